The molecule has 1 N–H and O–H groups in total. The Morgan fingerprint density at radius 1 is 1.12 bits per heavy atom. The van der Waals surface area contributed by atoms with E-state index in [0.717, 1.165) is 6.54 Å². The molecule has 2 aromatic rings. The lowest BCUT2D eigenvalue weighted by Crippen LogP contribution is -2.18. The van der Waals surface area contributed by atoms with Crippen LogP contribution in [0.3, 0.4) is 0 Å². The first-order chi connectivity index (χ1) is 8.31. The van der Waals surface area contributed by atoms with Crippen molar-refractivity contribution in [2.75, 3.05) is 13.6 Å². The first-order valence-electron chi connectivity index (χ1n) is 5.92. The maximum Gasteiger partial charge on any atom is 0.0270 e. The average molecular weight is 226 g/mol. The molecular formula is C15H18N2. The summed E-state index contributed by atoms with van der Waals surface area (Å²) < 4.78 is 0. The zero-order valence-electron chi connectivity index (χ0n) is 10.4. The summed E-state index contributed by atoms with van der Waals surface area (Å²) in [7, 11) is 1.99. The van der Waals surface area contributed by atoms with Crippen molar-refractivity contribution in [2.24, 2.45) is 0 Å². The van der Waals surface area contributed by atoms with Crippen LogP contribution >= 0.6 is 0 Å². The molecule has 0 saturated heterocycles. The van der Waals surface area contributed by atoms with Crippen molar-refractivity contribution in [3.8, 4) is 0 Å². The largest absolute Gasteiger partial charge is 0.319 e. The van der Waals surface area contributed by atoms with Crippen LogP contribution in [0.2, 0.25) is 0 Å². The fourth-order valence-corrected chi connectivity index (χ4v) is 2.11. The van der Waals surface area contributed by atoms with Crippen molar-refractivity contribution >= 4 is 0 Å². The van der Waals surface area contributed by atoms with Gasteiger partial charge in [0.1, 0.15) is 0 Å². The van der Waals surface area contributed by atoms with E-state index < -0.39 is 0 Å². The zero-order valence-corrected chi connectivity index (χ0v) is 10.4. The van der Waals surface area contributed by atoms with Crippen LogP contribution in [0.5, 0.6) is 0 Å². The molecule has 2 nitrogen and oxygen atoms in total. The van der Waals surface area contributed by atoms with Gasteiger partial charge in [0, 0.05) is 24.9 Å². The molecule has 1 atom stereocenters. The number of hydrogen-bond acceptors (Lipinski definition) is 2. The van der Waals surface area contributed by atoms with Gasteiger partial charge in [0.15, 0.2) is 0 Å². The maximum atomic E-state index is 4.08. The van der Waals surface area contributed by atoms with Gasteiger partial charge in [0.25, 0.3) is 0 Å². The van der Waals surface area contributed by atoms with Crippen LogP contribution in [-0.2, 0) is 0 Å². The van der Waals surface area contributed by atoms with Crippen LogP contribution in [-0.4, -0.2) is 18.6 Å². The van der Waals surface area contributed by atoms with Gasteiger partial charge in [0.2, 0.25) is 0 Å². The van der Waals surface area contributed by atoms with E-state index in [1.807, 2.05) is 19.4 Å². The van der Waals surface area contributed by atoms with E-state index in [1.54, 1.807) is 0 Å². The minimum atomic E-state index is 0.392. The highest BCUT2D eigenvalue weighted by molar-refractivity contribution is 5.34. The topological polar surface area (TPSA) is 24.9 Å². The summed E-state index contributed by atoms with van der Waals surface area (Å²) >= 11 is 0. The Balaban J connectivity index is 2.35. The summed E-state index contributed by atoms with van der Waals surface area (Å²) in [5.74, 6) is 0.392. The molecule has 17 heavy (non-hydrogen) atoms. The van der Waals surface area contributed by atoms with Crippen LogP contribution in [0.4, 0.5) is 0 Å². The summed E-state index contributed by atoms with van der Waals surface area (Å²) in [5.41, 5.74) is 3.96. The molecule has 0 aliphatic carbocycles. The molecule has 0 amide bonds. The van der Waals surface area contributed by atoms with Gasteiger partial charge in [-0.25, -0.2) is 0 Å². The summed E-state index contributed by atoms with van der Waals surface area (Å²) in [6.45, 7) is 3.07. The van der Waals surface area contributed by atoms with Crippen LogP contribution in [0.1, 0.15) is 22.6 Å². The Morgan fingerprint density at radius 2 is 1.88 bits per heavy atom. The van der Waals surface area contributed by atoms with Crippen LogP contribution in [0.25, 0.3) is 0 Å². The molecule has 0 bridgehead atoms. The molecule has 0 fully saturated rings. The molecule has 2 rings (SSSR count). The summed E-state index contributed by atoms with van der Waals surface area (Å²) in [6.07, 6.45) is 3.71. The minimum absolute atomic E-state index is 0.392. The second-order valence-electron chi connectivity index (χ2n) is 4.30. The third kappa shape index (κ3) is 2.92. The van der Waals surface area contributed by atoms with Gasteiger partial charge in [-0.1, -0.05) is 29.8 Å². The van der Waals surface area contributed by atoms with Crippen LogP contribution < -0.4 is 5.32 Å². The highest BCUT2D eigenvalue weighted by atomic mass is 14.8. The highest BCUT2D eigenvalue weighted by Crippen LogP contribution is 2.24. The molecule has 1 heterocycles. The molecule has 1 aromatic carbocycles. The highest BCUT2D eigenvalue weighted by Gasteiger charge is 2.12. The Bertz CT molecular complexity index is 465. The summed E-state index contributed by atoms with van der Waals surface area (Å²) in [4.78, 5) is 4.08. The van der Waals surface area contributed by atoms with Crippen molar-refractivity contribution in [2.45, 2.75) is 12.8 Å². The fourth-order valence-electron chi connectivity index (χ4n) is 2.11. The predicted molar refractivity (Wildman–Crippen MR) is 71.2 cm³/mol. The van der Waals surface area contributed by atoms with E-state index in [-0.39, 0.29) is 0 Å². The zero-order chi connectivity index (χ0) is 12.1. The van der Waals surface area contributed by atoms with Gasteiger partial charge >= 0.3 is 0 Å². The van der Waals surface area contributed by atoms with Gasteiger partial charge in [-0.2, -0.15) is 0 Å². The molecule has 0 spiro atoms. The van der Waals surface area contributed by atoms with Crippen molar-refractivity contribution in [3.63, 3.8) is 0 Å². The molecule has 0 aliphatic rings. The molecule has 1 aromatic heterocycles. The first kappa shape index (κ1) is 11.8. The molecule has 0 saturated carbocycles. The number of likely N-dealkylation sites (N-methyl/N-ethyl adjacent to an activating group) is 1. The Labute approximate surface area is 103 Å². The lowest BCUT2D eigenvalue weighted by molar-refractivity contribution is 0.707. The average Bonchev–Trinajstić information content (AvgIpc) is 2.37. The quantitative estimate of drug-likeness (QED) is 0.867. The summed E-state index contributed by atoms with van der Waals surface area (Å²) in [6, 6.07) is 12.9. The third-order valence-electron chi connectivity index (χ3n) is 2.96. The Kier molecular flexibility index (Phi) is 3.89. The fraction of sp³-hybridized carbons (Fsp3) is 0.267. The van der Waals surface area contributed by atoms with Gasteiger partial charge in [0.05, 0.1) is 0 Å². The number of aryl methyl sites for hydroxylation is 1. The number of benzene rings is 1. The Hall–Kier alpha value is -1.67. The normalized spacial score (nSPS) is 12.4. The molecule has 0 radical (unpaired) electrons. The smallest absolute Gasteiger partial charge is 0.0270 e. The van der Waals surface area contributed by atoms with E-state index in [2.05, 4.69) is 53.6 Å². The number of hydrogen-bond donors (Lipinski definition) is 1. The first-order valence-corrected chi connectivity index (χ1v) is 5.92. The lowest BCUT2D eigenvalue weighted by Gasteiger charge is -2.17. The van der Waals surface area contributed by atoms with E-state index in [4.69, 9.17) is 0 Å². The SMILES string of the molecule is CNCC(c1ccncc1)c1cccc(C)c1. The molecule has 2 heteroatoms. The van der Waals surface area contributed by atoms with Crippen LogP contribution in [0, 0.1) is 6.92 Å². The van der Waals surface area contributed by atoms with Gasteiger partial charge in [-0.15, -0.1) is 0 Å². The van der Waals surface area contributed by atoms with Crippen molar-refractivity contribution in [3.05, 3.63) is 65.5 Å². The molecule has 0 aliphatic heterocycles. The molecule has 88 valence electrons. The monoisotopic (exact) mass is 226 g/mol. The van der Waals surface area contributed by atoms with Crippen LogP contribution in [0.15, 0.2) is 48.8 Å². The second-order valence-corrected chi connectivity index (χ2v) is 4.30. The lowest BCUT2D eigenvalue weighted by atomic mass is 9.91. The number of nitrogens with one attached hydrogen (secondary N) is 1. The van der Waals surface area contributed by atoms with Gasteiger partial charge in [-0.3, -0.25) is 4.98 Å². The summed E-state index contributed by atoms with van der Waals surface area (Å²) in [5, 5.41) is 3.26. The van der Waals surface area contributed by atoms with Gasteiger partial charge < -0.3 is 5.32 Å². The van der Waals surface area contributed by atoms with Crippen molar-refractivity contribution < 1.29 is 0 Å². The number of aromatic nitrogens is 1. The van der Waals surface area contributed by atoms with E-state index in [9.17, 15) is 0 Å². The van der Waals surface area contributed by atoms with E-state index in [0.29, 0.717) is 5.92 Å². The number of pyridine rings is 1. The minimum Gasteiger partial charge on any atom is -0.319 e. The number of nitrogens with zero attached hydrogens (tertiary/aromatic N) is 1. The van der Waals surface area contributed by atoms with Gasteiger partial charge in [-0.05, 0) is 37.2 Å². The van der Waals surface area contributed by atoms with E-state index >= 15 is 0 Å². The molecular weight excluding hydrogens is 208 g/mol. The second kappa shape index (κ2) is 5.60. The maximum absolute atomic E-state index is 4.08. The predicted octanol–water partition coefficient (Wildman–Crippen LogP) is 2.74. The number of rotatable bonds is 4. The molecule has 1 unspecified atom stereocenters. The van der Waals surface area contributed by atoms with E-state index in [1.165, 1.54) is 16.7 Å². The van der Waals surface area contributed by atoms with Crippen molar-refractivity contribution in [1.82, 2.24) is 10.3 Å². The third-order valence-corrected chi connectivity index (χ3v) is 2.96. The van der Waals surface area contributed by atoms with Crippen molar-refractivity contribution in [1.29, 1.82) is 0 Å². The Morgan fingerprint density at radius 3 is 2.53 bits per heavy atom. The standard InChI is InChI=1S/C15H18N2/c1-12-4-3-5-14(10-12)15(11-16-2)13-6-8-17-9-7-13/h3-10,15-16H,11H2,1-2H3.